The number of hydrogen-bond donors (Lipinski definition) is 4. The van der Waals surface area contributed by atoms with Gasteiger partial charge in [0.2, 0.25) is 0 Å². The zero-order valence-corrected chi connectivity index (χ0v) is 49.8. The van der Waals surface area contributed by atoms with Crippen molar-refractivity contribution in [1.29, 1.82) is 0 Å². The molecule has 0 saturated heterocycles. The van der Waals surface area contributed by atoms with Crippen molar-refractivity contribution in [3.05, 3.63) is 103 Å². The van der Waals surface area contributed by atoms with Crippen LogP contribution in [0.3, 0.4) is 0 Å². The minimum absolute atomic E-state index is 0.0325. The first-order valence-corrected chi connectivity index (χ1v) is 32.1. The summed E-state index contributed by atoms with van der Waals surface area (Å²) in [6.07, 6.45) is 60.6. The van der Waals surface area contributed by atoms with E-state index in [9.17, 15) is 22.7 Å². The smallest absolute Gasteiger partial charge is 0.329 e. The van der Waals surface area contributed by atoms with Gasteiger partial charge < -0.3 is 44.1 Å². The Kier molecular flexibility index (Phi) is 46.7. The first-order chi connectivity index (χ1) is 39.1. The highest BCUT2D eigenvalue weighted by Gasteiger charge is 2.17. The number of aliphatic hydroxyl groups is 3. The fourth-order valence-electron chi connectivity index (χ4n) is 9.57. The molecule has 7 rings (SSSR count). The average Bonchev–Trinajstić information content (AvgIpc) is 3.39. The maximum absolute atomic E-state index is 12.0. The van der Waals surface area contributed by atoms with Gasteiger partial charge in [0.1, 0.15) is 13.3 Å². The van der Waals surface area contributed by atoms with E-state index in [1.165, 1.54) is 32.1 Å². The van der Waals surface area contributed by atoms with Crippen molar-refractivity contribution in [3.63, 3.8) is 0 Å². The summed E-state index contributed by atoms with van der Waals surface area (Å²) in [5.74, 6) is -0.877. The second kappa shape index (κ2) is 51.3. The molecule has 0 saturated carbocycles. The van der Waals surface area contributed by atoms with E-state index in [4.69, 9.17) is 43.2 Å². The molecule has 458 valence electrons. The standard InChI is InChI=1S/C17H24O4S.C10H17FO.C10H16O3.2C10H18O2.C8H14O/c1-15-9-11-17(12-10-15)22(18,19)21-14-13-20-16-7-5-3-2-4-6-8-16;11-8-9-12-10-6-4-2-1-3-5-7-10;11-10(12)8-13-9-6-4-2-1-3-5-7-9;2*11-8-9-12-10-6-4-2-1-3-5-7-10;9-8-6-4-2-1-3-5-7-8/h2-3,9-12,16H,4-8,13-14H2,1H3;1-2,10H,3-9H2;1-2,9H,3-8H2,(H,11,12);2*1-2,10-11H,3-9H2;1-2,8-9H,3-7H2/b3-2+;2-1+;2-1-;2-1+;2*2-1-/i;11+0;;;;. The molecule has 0 fully saturated rings. The predicted octanol–water partition coefficient (Wildman–Crippen LogP) is 14.1. The van der Waals surface area contributed by atoms with Gasteiger partial charge in [-0.3, -0.25) is 4.18 Å². The van der Waals surface area contributed by atoms with Crippen LogP contribution in [0.15, 0.2) is 102 Å². The fraction of sp³-hybridized carbons (Fsp3) is 0.708. The van der Waals surface area contributed by atoms with Crippen molar-refractivity contribution >= 4 is 16.1 Å². The van der Waals surface area contributed by atoms with E-state index in [1.54, 1.807) is 24.3 Å². The molecule has 1 aromatic rings. The lowest BCUT2D eigenvalue weighted by Crippen LogP contribution is -2.18. The molecule has 80 heavy (non-hydrogen) atoms. The molecular weight excluding hydrogens is 1040 g/mol. The van der Waals surface area contributed by atoms with Gasteiger partial charge in [0.25, 0.3) is 10.1 Å². The van der Waals surface area contributed by atoms with Crippen LogP contribution in [0.25, 0.3) is 0 Å². The maximum atomic E-state index is 12.0. The van der Waals surface area contributed by atoms with E-state index in [0.717, 1.165) is 166 Å². The Hall–Kier alpha value is -3.35. The van der Waals surface area contributed by atoms with Crippen molar-refractivity contribution in [2.24, 2.45) is 0 Å². The monoisotopic (exact) mass is 1150 g/mol. The van der Waals surface area contributed by atoms with Gasteiger partial charge in [-0.05, 0) is 212 Å². The summed E-state index contributed by atoms with van der Waals surface area (Å²) >= 11 is 0. The van der Waals surface area contributed by atoms with Crippen LogP contribution in [-0.2, 0) is 42.8 Å². The Bertz CT molecular complexity index is 1830. The fourth-order valence-corrected chi connectivity index (χ4v) is 10.5. The first kappa shape index (κ1) is 72.8. The summed E-state index contributed by atoms with van der Waals surface area (Å²) in [6, 6.07) is 6.64. The molecule has 0 spiro atoms. The van der Waals surface area contributed by atoms with Crippen LogP contribution in [0.1, 0.15) is 198 Å². The lowest BCUT2D eigenvalue weighted by atomic mass is 10.0. The molecule has 1 aromatic carbocycles. The number of benzene rings is 1. The van der Waals surface area contributed by atoms with Crippen molar-refractivity contribution in [1.82, 2.24) is 0 Å². The molecular formula is C65H107FO13S. The van der Waals surface area contributed by atoms with E-state index in [1.807, 2.05) is 6.92 Å². The number of hydrogen-bond acceptors (Lipinski definition) is 12. The number of allylic oxidation sites excluding steroid dienone is 12. The van der Waals surface area contributed by atoms with Gasteiger partial charge in [-0.2, -0.15) is 8.42 Å². The highest BCUT2D eigenvalue weighted by molar-refractivity contribution is 7.86. The van der Waals surface area contributed by atoms with Gasteiger partial charge in [-0.1, -0.05) is 90.6 Å². The second-order valence-corrected chi connectivity index (χ2v) is 22.7. The molecule has 0 heterocycles. The number of carboxylic acids is 1. The van der Waals surface area contributed by atoms with E-state index in [-0.39, 0.29) is 62.9 Å². The third-order valence-corrected chi connectivity index (χ3v) is 15.4. The number of ether oxygens (including phenoxy) is 5. The van der Waals surface area contributed by atoms with E-state index >= 15 is 0 Å². The topological polar surface area (TPSA) is 188 Å². The normalized spacial score (nSPS) is 26.1. The van der Waals surface area contributed by atoms with Gasteiger partial charge in [-0.25, -0.2) is 9.18 Å². The number of carbonyl (C=O) groups is 1. The van der Waals surface area contributed by atoms with Gasteiger partial charge in [0.15, 0.2) is 0 Å². The average molecular weight is 1150 g/mol. The second-order valence-electron chi connectivity index (χ2n) is 21.1. The number of aliphatic hydroxyl groups excluding tert-OH is 3. The zero-order chi connectivity index (χ0) is 57.8. The molecule has 0 bridgehead atoms. The molecule has 15 heteroatoms. The minimum atomic E-state index is -3.68. The summed E-state index contributed by atoms with van der Waals surface area (Å²) < 4.78 is 68.2. The van der Waals surface area contributed by atoms with Crippen LogP contribution in [0.4, 0.5) is 4.39 Å². The Morgan fingerprint density at radius 2 is 0.775 bits per heavy atom. The third kappa shape index (κ3) is 42.5. The summed E-state index contributed by atoms with van der Waals surface area (Å²) in [5, 5.41) is 34.8. The van der Waals surface area contributed by atoms with Crippen LogP contribution in [0.2, 0.25) is 0 Å². The number of aryl methyl sites for hydroxylation is 1. The number of halogens is 1. The number of alkyl halides is 1. The van der Waals surface area contributed by atoms with E-state index < -0.39 is 16.1 Å². The van der Waals surface area contributed by atoms with Crippen molar-refractivity contribution in [2.75, 3.05) is 59.5 Å². The van der Waals surface area contributed by atoms with Crippen LogP contribution in [0.5, 0.6) is 0 Å². The summed E-state index contributed by atoms with van der Waals surface area (Å²) in [4.78, 5) is 10.4. The molecule has 0 aliphatic heterocycles. The zero-order valence-electron chi connectivity index (χ0n) is 49.0. The number of carboxylic acid groups (broad SMARTS) is 1. The Balaban J connectivity index is 0.000000337. The van der Waals surface area contributed by atoms with Crippen molar-refractivity contribution < 1.29 is 65.9 Å². The summed E-state index contributed by atoms with van der Waals surface area (Å²) in [6.45, 7) is 3.31. The van der Waals surface area contributed by atoms with Gasteiger partial charge in [-0.15, -0.1) is 0 Å². The largest absolute Gasteiger partial charge is 0.480 e. The molecule has 6 aliphatic carbocycles. The van der Waals surface area contributed by atoms with E-state index in [0.29, 0.717) is 38.1 Å². The summed E-state index contributed by atoms with van der Waals surface area (Å²) in [7, 11) is -3.68. The van der Waals surface area contributed by atoms with Crippen molar-refractivity contribution in [3.8, 4) is 0 Å². The molecule has 4 N–H and O–H groups in total. The number of aliphatic carboxylic acids is 1. The third-order valence-electron chi connectivity index (χ3n) is 14.1. The van der Waals surface area contributed by atoms with Crippen LogP contribution in [0, 0.1) is 6.92 Å². The van der Waals surface area contributed by atoms with Crippen LogP contribution >= 0.6 is 0 Å². The highest BCUT2D eigenvalue weighted by atomic mass is 32.2. The molecule has 0 aromatic heterocycles. The molecule has 6 unspecified atom stereocenters. The molecule has 0 amide bonds. The molecule has 0 radical (unpaired) electrons. The lowest BCUT2D eigenvalue weighted by Gasteiger charge is -2.18. The van der Waals surface area contributed by atoms with Crippen molar-refractivity contribution in [2.45, 2.75) is 241 Å². The quantitative estimate of drug-likeness (QED) is 0.0618. The van der Waals surface area contributed by atoms with Gasteiger partial charge >= 0.3 is 5.97 Å². The Morgan fingerprint density at radius 1 is 0.450 bits per heavy atom. The van der Waals surface area contributed by atoms with E-state index in [2.05, 4.69) is 72.9 Å². The van der Waals surface area contributed by atoms with Crippen LogP contribution < -0.4 is 0 Å². The lowest BCUT2D eigenvalue weighted by molar-refractivity contribution is -0.144. The van der Waals surface area contributed by atoms with Gasteiger partial charge in [0, 0.05) is 0 Å². The molecule has 6 aliphatic rings. The van der Waals surface area contributed by atoms with Gasteiger partial charge in [0.05, 0.1) is 87.8 Å². The van der Waals surface area contributed by atoms with Crippen LogP contribution in [-0.4, -0.2) is 131 Å². The highest BCUT2D eigenvalue weighted by Crippen LogP contribution is 2.20. The maximum Gasteiger partial charge on any atom is 0.329 e. The number of rotatable bonds is 18. The first-order valence-electron chi connectivity index (χ1n) is 30.7. The Labute approximate surface area is 483 Å². The predicted molar refractivity (Wildman–Crippen MR) is 320 cm³/mol. The molecule has 13 nitrogen and oxygen atoms in total. The molecule has 6 atom stereocenters. The SMILES string of the molecule is Cc1ccc(S(=O)(=O)OCCOC2CC/C=C/CCC2)cc1.O=C(O)COC1CC/C=C\CCC1.OC1CC/C=C\CCC1.OCCOC1CC/C=C/CCC1.OCCOC1CC/C=C\CCC1.[19F]CCOC1CC/C=C/CCC1. The minimum Gasteiger partial charge on any atom is -0.480 e. The summed E-state index contributed by atoms with van der Waals surface area (Å²) in [5.41, 5.74) is 1.01. The Morgan fingerprint density at radius 3 is 1.14 bits per heavy atom.